The first-order chi connectivity index (χ1) is 41.9. The molecule has 0 aromatic carbocycles. The highest BCUT2D eigenvalue weighted by molar-refractivity contribution is 4.37. The van der Waals surface area contributed by atoms with Crippen molar-refractivity contribution in [3.8, 4) is 0 Å². The monoisotopic (exact) mass is 1270 g/mol. The van der Waals surface area contributed by atoms with E-state index in [0.717, 1.165) is 0 Å². The summed E-state index contributed by atoms with van der Waals surface area (Å²) in [6, 6.07) is 0. The Morgan fingerprint density at radius 1 is 0.114 bits per heavy atom. The summed E-state index contributed by atoms with van der Waals surface area (Å²) in [5.41, 5.74) is 0. The molecule has 560 valence electrons. The molecule has 0 aliphatic rings. The van der Waals surface area contributed by atoms with Crippen LogP contribution in [0.3, 0.4) is 0 Å². The largest absolute Gasteiger partial charge is 0.394 e. The average molecular weight is 1270 g/mol. The number of unbranched alkanes of at least 4 members (excludes halogenated alkanes) is 36. The van der Waals surface area contributed by atoms with Crippen LogP contribution in [-0.2, 0) is 0 Å². The predicted octanol–water partition coefficient (Wildman–Crippen LogP) is 32.6. The molecule has 0 radical (unpaired) electrons. The molecule has 4 N–H and O–H groups in total. The van der Waals surface area contributed by atoms with Gasteiger partial charge in [-0.15, -0.1) is 0 Å². The lowest BCUT2D eigenvalue weighted by Gasteiger charge is -1.86. The fourth-order valence-electron chi connectivity index (χ4n) is 6.00. The number of aliphatic hydroxyl groups is 4. The minimum atomic E-state index is -0.167. The molecule has 0 saturated heterocycles. The van der Waals surface area contributed by atoms with E-state index in [0.29, 0.717) is 0 Å². The highest BCUT2D eigenvalue weighted by Crippen LogP contribution is 2.01. The zero-order chi connectivity index (χ0) is 72.3. The molecule has 0 fully saturated rings. The molecule has 0 aromatic rings. The van der Waals surface area contributed by atoms with Gasteiger partial charge in [-0.1, -0.05) is 474 Å². The van der Waals surface area contributed by atoms with Crippen molar-refractivity contribution in [1.29, 1.82) is 0 Å². The van der Waals surface area contributed by atoms with E-state index in [-0.39, 0.29) is 24.4 Å². The summed E-state index contributed by atoms with van der Waals surface area (Å²) < 4.78 is 0. The van der Waals surface area contributed by atoms with Gasteiger partial charge in [0, 0.05) is 24.4 Å². The number of rotatable bonds is 36. The normalized spacial score (nSPS) is 9.00. The molecule has 0 aromatic heterocycles. The van der Waals surface area contributed by atoms with Gasteiger partial charge in [0.1, 0.15) is 0 Å². The highest BCUT2D eigenvalue weighted by Gasteiger charge is 1.82. The first kappa shape index (κ1) is 128. The predicted molar refractivity (Wildman–Crippen MR) is 427 cm³/mol. The second kappa shape index (κ2) is 179. The Kier molecular flexibility index (Phi) is 261. The maximum atomic E-state index is 8.06. The fraction of sp³-hybridized carbons (Fsp3) is 1.00. The average Bonchev–Trinajstić information content (AvgIpc) is 3.49. The Hall–Kier alpha value is -0.160. The van der Waals surface area contributed by atoms with Gasteiger partial charge < -0.3 is 20.4 Å². The molecule has 0 heterocycles. The molecule has 88 heavy (non-hydrogen) atoms. The van der Waals surface area contributed by atoms with Crippen molar-refractivity contribution in [1.82, 2.24) is 0 Å². The van der Waals surface area contributed by atoms with E-state index in [1.54, 1.807) is 55.4 Å². The summed E-state index contributed by atoms with van der Waals surface area (Å²) >= 11 is 0. The van der Waals surface area contributed by atoms with Crippen molar-refractivity contribution in [3.05, 3.63) is 0 Å². The summed E-state index contributed by atoms with van der Waals surface area (Å²) in [6.07, 6.45) is 65.8. The van der Waals surface area contributed by atoms with E-state index in [2.05, 4.69) is 166 Å². The molecule has 0 bridgehead atoms. The second-order valence-corrected chi connectivity index (χ2v) is 24.9. The van der Waals surface area contributed by atoms with Crippen molar-refractivity contribution in [2.75, 3.05) is 0 Å². The van der Waals surface area contributed by atoms with E-state index < -0.39 is 0 Å². The van der Waals surface area contributed by atoms with E-state index in [1.165, 1.54) is 308 Å². The van der Waals surface area contributed by atoms with Crippen LogP contribution in [0.25, 0.3) is 0 Å². The summed E-state index contributed by atoms with van der Waals surface area (Å²) in [4.78, 5) is 0. The number of hydrogen-bond donors (Lipinski definition) is 4. The van der Waals surface area contributed by atoms with E-state index in [4.69, 9.17) is 20.4 Å². The Labute approximate surface area is 571 Å². The van der Waals surface area contributed by atoms with E-state index >= 15 is 0 Å². The van der Waals surface area contributed by atoms with Crippen LogP contribution in [0, 0.1) is 0 Å². The van der Waals surface area contributed by atoms with E-state index in [9.17, 15) is 0 Å². The zero-order valence-corrected chi connectivity index (χ0v) is 70.0. The van der Waals surface area contributed by atoms with Crippen molar-refractivity contribution < 1.29 is 20.4 Å². The van der Waals surface area contributed by atoms with Gasteiger partial charge in [0.2, 0.25) is 0 Å². The van der Waals surface area contributed by atoms with Gasteiger partial charge >= 0.3 is 0 Å². The molecular formula is C84H200O4. The smallest absolute Gasteiger partial charge is 0.0483 e. The van der Waals surface area contributed by atoms with Gasteiger partial charge in [0.25, 0.3) is 0 Å². The molecule has 0 atom stereocenters. The van der Waals surface area contributed by atoms with Crippen LogP contribution < -0.4 is 0 Å². The third-order valence-electron chi connectivity index (χ3n) is 11.5. The minimum Gasteiger partial charge on any atom is -0.394 e. The maximum absolute atomic E-state index is 8.06. The van der Waals surface area contributed by atoms with Gasteiger partial charge in [0.15, 0.2) is 0 Å². The van der Waals surface area contributed by atoms with Crippen LogP contribution in [0.1, 0.15) is 530 Å². The lowest BCUT2D eigenvalue weighted by molar-refractivity contribution is 0.215. The first-order valence-electron chi connectivity index (χ1n) is 40.6. The Morgan fingerprint density at radius 2 is 0.136 bits per heavy atom. The maximum Gasteiger partial charge on any atom is 0.0483 e. The molecule has 0 amide bonds. The number of hydrogen-bond acceptors (Lipinski definition) is 4. The summed E-state index contributed by atoms with van der Waals surface area (Å²) in [6.45, 7) is 67.3. The van der Waals surface area contributed by atoms with Crippen LogP contribution in [0.15, 0.2) is 0 Å². The van der Waals surface area contributed by atoms with Crippen molar-refractivity contribution in [2.24, 2.45) is 0 Å². The Bertz CT molecular complexity index is 469. The fourth-order valence-corrected chi connectivity index (χ4v) is 6.00. The lowest BCUT2D eigenvalue weighted by Crippen LogP contribution is -1.85. The van der Waals surface area contributed by atoms with Gasteiger partial charge in [0.05, 0.1) is 0 Å². The zero-order valence-electron chi connectivity index (χ0n) is 70.0. The standard InChI is InChI=1S/12C6H14.4C3H8O/c12*1-3-5-6-4-2;4*1-3(2)4/h12*3-6H2,1-2H3;4*3-4H,1-2H3. The van der Waals surface area contributed by atoms with Gasteiger partial charge in [-0.05, 0) is 55.4 Å². The molecule has 0 unspecified atom stereocenters. The summed E-state index contributed by atoms with van der Waals surface area (Å²) in [5.74, 6) is 0. The number of aliphatic hydroxyl groups excluding tert-OH is 4. The third-order valence-corrected chi connectivity index (χ3v) is 11.5. The Balaban J connectivity index is -0.0000000450. The SMILES string of the molecule is CC(C)O.CC(C)O.CC(C)O.CC(C)O.CCCCCC.CCCCCC.CCCCCC.CCCCCC.CCCCCC.CCCCCC.CCCCCC.CCCCCC.CCCCCC.CCCCCC.CCCCCC.CCCCCC. The van der Waals surface area contributed by atoms with Gasteiger partial charge in [-0.2, -0.15) is 0 Å². The molecule has 0 aliphatic heterocycles. The highest BCUT2D eigenvalue weighted by atomic mass is 16.3. The van der Waals surface area contributed by atoms with Crippen LogP contribution in [-0.4, -0.2) is 44.8 Å². The van der Waals surface area contributed by atoms with E-state index in [1.807, 2.05) is 0 Å². The molecule has 4 heteroatoms. The molecule has 0 saturated carbocycles. The third kappa shape index (κ3) is 481. The first-order valence-corrected chi connectivity index (χ1v) is 40.6. The molecule has 4 nitrogen and oxygen atoms in total. The Morgan fingerprint density at radius 3 is 0.148 bits per heavy atom. The van der Waals surface area contributed by atoms with Crippen LogP contribution in [0.4, 0.5) is 0 Å². The van der Waals surface area contributed by atoms with Crippen LogP contribution in [0.5, 0.6) is 0 Å². The second-order valence-electron chi connectivity index (χ2n) is 24.9. The quantitative estimate of drug-likeness (QED) is 0.0471. The van der Waals surface area contributed by atoms with Crippen LogP contribution in [0.2, 0.25) is 0 Å². The van der Waals surface area contributed by atoms with Crippen LogP contribution >= 0.6 is 0 Å². The van der Waals surface area contributed by atoms with Crippen molar-refractivity contribution in [3.63, 3.8) is 0 Å². The summed E-state index contributed by atoms with van der Waals surface area (Å²) in [5, 5.41) is 32.2. The molecule has 0 spiro atoms. The lowest BCUT2D eigenvalue weighted by atomic mass is 10.2. The van der Waals surface area contributed by atoms with Gasteiger partial charge in [-0.3, -0.25) is 0 Å². The van der Waals surface area contributed by atoms with Crippen molar-refractivity contribution >= 4 is 0 Å². The minimum absolute atomic E-state index is 0.167. The topological polar surface area (TPSA) is 80.9 Å². The molecule has 0 aliphatic carbocycles. The van der Waals surface area contributed by atoms with Crippen molar-refractivity contribution in [2.45, 2.75) is 554 Å². The molecular weight excluding hydrogens is 1070 g/mol. The summed E-state index contributed by atoms with van der Waals surface area (Å²) in [7, 11) is 0. The van der Waals surface area contributed by atoms with Gasteiger partial charge in [-0.25, -0.2) is 0 Å². The molecule has 0 rings (SSSR count).